The van der Waals surface area contributed by atoms with E-state index in [0.29, 0.717) is 33.1 Å². The van der Waals surface area contributed by atoms with Gasteiger partial charge in [0.25, 0.3) is 0 Å². The van der Waals surface area contributed by atoms with Crippen LogP contribution in [0, 0.1) is 0 Å². The number of rotatable bonds is 5. The Hall–Kier alpha value is -1.98. The first-order valence-electron chi connectivity index (χ1n) is 6.39. The van der Waals surface area contributed by atoms with Crippen molar-refractivity contribution in [1.29, 1.82) is 0 Å². The standard InChI is InChI=1S/C15H15Cl2N3O2/c1-9(12-5-4-11(21-2)7-14(12)22-3)19-20-15-13(17)6-10(16)8-18-15/h4-8H,1-3H3,(H,18,20)/b19-9+. The van der Waals surface area contributed by atoms with Crippen molar-refractivity contribution in [2.24, 2.45) is 5.10 Å². The SMILES string of the molecule is COc1ccc(/C(C)=N/Nc2ncc(Cl)cc2Cl)c(OC)c1. The Balaban J connectivity index is 2.25. The van der Waals surface area contributed by atoms with Crippen LogP contribution in [0.4, 0.5) is 5.82 Å². The maximum Gasteiger partial charge on any atom is 0.165 e. The zero-order chi connectivity index (χ0) is 16.1. The first-order valence-corrected chi connectivity index (χ1v) is 7.14. The highest BCUT2D eigenvalue weighted by molar-refractivity contribution is 6.35. The Labute approximate surface area is 138 Å². The van der Waals surface area contributed by atoms with Crippen LogP contribution in [0.3, 0.4) is 0 Å². The molecule has 1 aromatic heterocycles. The van der Waals surface area contributed by atoms with Crippen LogP contribution in [-0.2, 0) is 0 Å². The molecule has 0 radical (unpaired) electrons. The summed E-state index contributed by atoms with van der Waals surface area (Å²) in [6.45, 7) is 1.85. The van der Waals surface area contributed by atoms with Crippen LogP contribution < -0.4 is 14.9 Å². The summed E-state index contributed by atoms with van der Waals surface area (Å²) in [5.41, 5.74) is 4.37. The topological polar surface area (TPSA) is 55.7 Å². The van der Waals surface area contributed by atoms with Crippen molar-refractivity contribution in [3.8, 4) is 11.5 Å². The van der Waals surface area contributed by atoms with E-state index >= 15 is 0 Å². The van der Waals surface area contributed by atoms with E-state index < -0.39 is 0 Å². The molecule has 0 fully saturated rings. The van der Waals surface area contributed by atoms with Crippen LogP contribution in [-0.4, -0.2) is 24.9 Å². The molecule has 0 atom stereocenters. The number of anilines is 1. The summed E-state index contributed by atoms with van der Waals surface area (Å²) < 4.78 is 10.5. The number of ether oxygens (including phenoxy) is 2. The minimum atomic E-state index is 0.394. The molecule has 0 saturated carbocycles. The number of methoxy groups -OCH3 is 2. The van der Waals surface area contributed by atoms with Gasteiger partial charge in [-0.2, -0.15) is 5.10 Å². The molecule has 1 N–H and O–H groups in total. The van der Waals surface area contributed by atoms with Gasteiger partial charge >= 0.3 is 0 Å². The minimum Gasteiger partial charge on any atom is -0.497 e. The van der Waals surface area contributed by atoms with Gasteiger partial charge in [-0.05, 0) is 25.1 Å². The molecule has 2 rings (SSSR count). The molecule has 2 aromatic rings. The van der Waals surface area contributed by atoms with Gasteiger partial charge in [0.2, 0.25) is 0 Å². The first kappa shape index (κ1) is 16.4. The van der Waals surface area contributed by atoms with Gasteiger partial charge in [-0.25, -0.2) is 4.98 Å². The molecular formula is C15H15Cl2N3O2. The third-order valence-corrected chi connectivity index (χ3v) is 3.43. The van der Waals surface area contributed by atoms with Crippen molar-refractivity contribution >= 4 is 34.7 Å². The van der Waals surface area contributed by atoms with E-state index in [2.05, 4.69) is 15.5 Å². The summed E-state index contributed by atoms with van der Waals surface area (Å²) in [5.74, 6) is 1.80. The van der Waals surface area contributed by atoms with E-state index in [1.54, 1.807) is 26.4 Å². The maximum atomic E-state index is 6.04. The molecule has 1 aromatic carbocycles. The van der Waals surface area contributed by atoms with Gasteiger partial charge in [0.15, 0.2) is 5.82 Å². The molecule has 0 saturated heterocycles. The first-order chi connectivity index (χ1) is 10.5. The quantitative estimate of drug-likeness (QED) is 0.653. The number of halogens is 2. The van der Waals surface area contributed by atoms with Gasteiger partial charge in [-0.3, -0.25) is 5.43 Å². The average Bonchev–Trinajstić information content (AvgIpc) is 2.53. The summed E-state index contributed by atoms with van der Waals surface area (Å²) in [6, 6.07) is 7.10. The van der Waals surface area contributed by atoms with Gasteiger partial charge in [0.1, 0.15) is 11.5 Å². The van der Waals surface area contributed by atoms with Crippen molar-refractivity contribution in [3.05, 3.63) is 46.1 Å². The molecule has 1 heterocycles. The summed E-state index contributed by atoms with van der Waals surface area (Å²) >= 11 is 11.8. The molecular weight excluding hydrogens is 325 g/mol. The van der Waals surface area contributed by atoms with Crippen molar-refractivity contribution in [2.75, 3.05) is 19.6 Å². The lowest BCUT2D eigenvalue weighted by Gasteiger charge is -2.10. The van der Waals surface area contributed by atoms with Crippen molar-refractivity contribution in [2.45, 2.75) is 6.92 Å². The lowest BCUT2D eigenvalue weighted by atomic mass is 10.1. The molecule has 0 aliphatic carbocycles. The lowest BCUT2D eigenvalue weighted by molar-refractivity contribution is 0.394. The normalized spacial score (nSPS) is 11.2. The van der Waals surface area contributed by atoms with E-state index in [1.165, 1.54) is 6.20 Å². The Kier molecular flexibility index (Phi) is 5.46. The smallest absolute Gasteiger partial charge is 0.165 e. The van der Waals surface area contributed by atoms with Crippen molar-refractivity contribution in [3.63, 3.8) is 0 Å². The summed E-state index contributed by atoms with van der Waals surface area (Å²) in [5, 5.41) is 5.14. The lowest BCUT2D eigenvalue weighted by Crippen LogP contribution is -2.03. The van der Waals surface area contributed by atoms with Gasteiger partial charge in [0, 0.05) is 17.8 Å². The highest BCUT2D eigenvalue weighted by Gasteiger charge is 2.09. The number of pyridine rings is 1. The third kappa shape index (κ3) is 3.81. The molecule has 7 heteroatoms. The van der Waals surface area contributed by atoms with E-state index in [4.69, 9.17) is 32.7 Å². The van der Waals surface area contributed by atoms with E-state index in [0.717, 1.165) is 5.56 Å². The van der Waals surface area contributed by atoms with Gasteiger partial charge in [0.05, 0.1) is 30.0 Å². The zero-order valence-corrected chi connectivity index (χ0v) is 13.9. The van der Waals surface area contributed by atoms with Crippen LogP contribution >= 0.6 is 23.2 Å². The number of benzene rings is 1. The molecule has 5 nitrogen and oxygen atoms in total. The number of nitrogens with zero attached hydrogens (tertiary/aromatic N) is 2. The average molecular weight is 340 g/mol. The number of aromatic nitrogens is 1. The van der Waals surface area contributed by atoms with Crippen LogP contribution in [0.25, 0.3) is 0 Å². The fourth-order valence-electron chi connectivity index (χ4n) is 1.79. The molecule has 0 spiro atoms. The van der Waals surface area contributed by atoms with Gasteiger partial charge in [-0.1, -0.05) is 23.2 Å². The molecule has 116 valence electrons. The highest BCUT2D eigenvalue weighted by Crippen LogP contribution is 2.26. The van der Waals surface area contributed by atoms with Crippen LogP contribution in [0.1, 0.15) is 12.5 Å². The molecule has 0 bridgehead atoms. The Bertz CT molecular complexity index is 705. The Morgan fingerprint density at radius 1 is 1.18 bits per heavy atom. The summed E-state index contributed by atoms with van der Waals surface area (Å²) in [6.07, 6.45) is 1.49. The largest absolute Gasteiger partial charge is 0.497 e. The highest BCUT2D eigenvalue weighted by atomic mass is 35.5. The molecule has 0 aliphatic heterocycles. The summed E-state index contributed by atoms with van der Waals surface area (Å²) in [7, 11) is 3.20. The molecule has 0 aliphatic rings. The number of hydrogen-bond acceptors (Lipinski definition) is 5. The third-order valence-electron chi connectivity index (χ3n) is 2.94. The monoisotopic (exact) mass is 339 g/mol. The predicted octanol–water partition coefficient (Wildman–Crippen LogP) is 4.24. The van der Waals surface area contributed by atoms with Crippen LogP contribution in [0.5, 0.6) is 11.5 Å². The number of nitrogens with one attached hydrogen (secondary N) is 1. The molecule has 0 unspecified atom stereocenters. The molecule has 22 heavy (non-hydrogen) atoms. The van der Waals surface area contributed by atoms with E-state index in [1.807, 2.05) is 19.1 Å². The Morgan fingerprint density at radius 3 is 2.59 bits per heavy atom. The van der Waals surface area contributed by atoms with Crippen molar-refractivity contribution in [1.82, 2.24) is 4.98 Å². The van der Waals surface area contributed by atoms with Crippen LogP contribution in [0.15, 0.2) is 35.6 Å². The predicted molar refractivity (Wildman–Crippen MR) is 89.6 cm³/mol. The van der Waals surface area contributed by atoms with E-state index in [-0.39, 0.29) is 0 Å². The fraction of sp³-hybridized carbons (Fsp3) is 0.200. The van der Waals surface area contributed by atoms with Crippen LogP contribution in [0.2, 0.25) is 10.0 Å². The van der Waals surface area contributed by atoms with Gasteiger partial charge in [-0.15, -0.1) is 0 Å². The number of hydrogen-bond donors (Lipinski definition) is 1. The molecule has 0 amide bonds. The summed E-state index contributed by atoms with van der Waals surface area (Å²) in [4.78, 5) is 4.08. The van der Waals surface area contributed by atoms with Gasteiger partial charge < -0.3 is 9.47 Å². The number of hydrazone groups is 1. The second-order valence-electron chi connectivity index (χ2n) is 4.36. The zero-order valence-electron chi connectivity index (χ0n) is 12.4. The van der Waals surface area contributed by atoms with E-state index in [9.17, 15) is 0 Å². The minimum absolute atomic E-state index is 0.394. The maximum absolute atomic E-state index is 6.04. The fourth-order valence-corrected chi connectivity index (χ4v) is 2.21. The second-order valence-corrected chi connectivity index (χ2v) is 5.20. The second kappa shape index (κ2) is 7.33. The Morgan fingerprint density at radius 2 is 1.95 bits per heavy atom. The van der Waals surface area contributed by atoms with Crippen molar-refractivity contribution < 1.29 is 9.47 Å².